The second-order valence-electron chi connectivity index (χ2n) is 8.78. The van der Waals surface area contributed by atoms with Gasteiger partial charge < -0.3 is 19.8 Å². The molecule has 2 unspecified atom stereocenters. The minimum Gasteiger partial charge on any atom is -0.393 e. The van der Waals surface area contributed by atoms with E-state index >= 15 is 0 Å². The second kappa shape index (κ2) is 9.00. The first-order valence-electron chi connectivity index (χ1n) is 10.9. The molecule has 5 nitrogen and oxygen atoms in total. The molecule has 2 aromatic rings. The third kappa shape index (κ3) is 4.02. The predicted octanol–water partition coefficient (Wildman–Crippen LogP) is 3.70. The summed E-state index contributed by atoms with van der Waals surface area (Å²) in [6, 6.07) is 12.3. The molecular formula is C25H29F2N3O2. The van der Waals surface area contributed by atoms with E-state index in [4.69, 9.17) is 0 Å². The van der Waals surface area contributed by atoms with Crippen molar-refractivity contribution >= 4 is 11.6 Å². The van der Waals surface area contributed by atoms with E-state index in [-0.39, 0.29) is 30.8 Å². The molecule has 0 radical (unpaired) electrons. The number of urea groups is 1. The fourth-order valence-corrected chi connectivity index (χ4v) is 4.86. The SMILES string of the molecule is CN1CCCC(N(C)C(=O)N2CC(c3cc(F)ccc3F)=CC2(CO)c2ccccc2)C1. The average Bonchev–Trinajstić information content (AvgIpc) is 3.21. The molecule has 2 aromatic carbocycles. The molecule has 2 heterocycles. The van der Waals surface area contributed by atoms with Crippen molar-refractivity contribution in [2.75, 3.05) is 40.3 Å². The number of rotatable bonds is 4. The van der Waals surface area contributed by atoms with Crippen LogP contribution in [0.2, 0.25) is 0 Å². The lowest BCUT2D eigenvalue weighted by atomic mass is 9.89. The van der Waals surface area contributed by atoms with Crippen LogP contribution in [-0.4, -0.2) is 72.2 Å². The van der Waals surface area contributed by atoms with Crippen LogP contribution >= 0.6 is 0 Å². The van der Waals surface area contributed by atoms with Crippen LogP contribution in [0.15, 0.2) is 54.6 Å². The van der Waals surface area contributed by atoms with Crippen molar-refractivity contribution in [3.63, 3.8) is 0 Å². The third-order valence-corrected chi connectivity index (χ3v) is 6.69. The summed E-state index contributed by atoms with van der Waals surface area (Å²) < 4.78 is 28.5. The Kier molecular flexibility index (Phi) is 6.31. The number of carbonyl (C=O) groups is 1. The molecule has 0 bridgehead atoms. The van der Waals surface area contributed by atoms with Crippen LogP contribution < -0.4 is 0 Å². The molecule has 170 valence electrons. The maximum Gasteiger partial charge on any atom is 0.321 e. The van der Waals surface area contributed by atoms with Crippen molar-refractivity contribution in [2.24, 2.45) is 0 Å². The minimum atomic E-state index is -1.17. The summed E-state index contributed by atoms with van der Waals surface area (Å²) in [6.07, 6.45) is 3.61. The summed E-state index contributed by atoms with van der Waals surface area (Å²) in [5.41, 5.74) is 0.134. The molecule has 0 saturated carbocycles. The molecule has 2 atom stereocenters. The Balaban J connectivity index is 1.75. The van der Waals surface area contributed by atoms with Gasteiger partial charge >= 0.3 is 6.03 Å². The van der Waals surface area contributed by atoms with Gasteiger partial charge in [-0.1, -0.05) is 30.3 Å². The second-order valence-corrected chi connectivity index (χ2v) is 8.78. The highest BCUT2D eigenvalue weighted by Crippen LogP contribution is 2.41. The fourth-order valence-electron chi connectivity index (χ4n) is 4.86. The van der Waals surface area contributed by atoms with Gasteiger partial charge in [0.2, 0.25) is 0 Å². The van der Waals surface area contributed by atoms with Crippen molar-refractivity contribution in [2.45, 2.75) is 24.4 Å². The maximum atomic E-state index is 14.6. The number of carbonyl (C=O) groups excluding carboxylic acids is 1. The lowest BCUT2D eigenvalue weighted by Crippen LogP contribution is -2.56. The number of aliphatic hydroxyl groups excluding tert-OH is 1. The van der Waals surface area contributed by atoms with Crippen LogP contribution in [0.25, 0.3) is 5.57 Å². The van der Waals surface area contributed by atoms with Crippen molar-refractivity contribution < 1.29 is 18.7 Å². The van der Waals surface area contributed by atoms with E-state index in [9.17, 15) is 18.7 Å². The number of hydrogen-bond donors (Lipinski definition) is 1. The monoisotopic (exact) mass is 441 g/mol. The molecule has 7 heteroatoms. The molecule has 0 aromatic heterocycles. The zero-order valence-corrected chi connectivity index (χ0v) is 18.5. The van der Waals surface area contributed by atoms with Crippen LogP contribution in [0.1, 0.15) is 24.0 Å². The molecule has 4 rings (SSSR count). The number of hydrogen-bond acceptors (Lipinski definition) is 3. The number of nitrogens with zero attached hydrogens (tertiary/aromatic N) is 3. The molecule has 1 saturated heterocycles. The van der Waals surface area contributed by atoms with E-state index in [1.165, 1.54) is 0 Å². The van der Waals surface area contributed by atoms with Crippen LogP contribution in [-0.2, 0) is 5.54 Å². The van der Waals surface area contributed by atoms with Gasteiger partial charge in [0, 0.05) is 31.7 Å². The lowest BCUT2D eigenvalue weighted by molar-refractivity contribution is 0.0685. The molecule has 2 aliphatic heterocycles. The van der Waals surface area contributed by atoms with Crippen LogP contribution in [0.3, 0.4) is 0 Å². The highest BCUT2D eigenvalue weighted by Gasteiger charge is 2.46. The van der Waals surface area contributed by atoms with Gasteiger partial charge in [0.25, 0.3) is 0 Å². The highest BCUT2D eigenvalue weighted by atomic mass is 19.1. The van der Waals surface area contributed by atoms with Crippen LogP contribution in [0, 0.1) is 11.6 Å². The van der Waals surface area contributed by atoms with Gasteiger partial charge in [-0.25, -0.2) is 13.6 Å². The van der Waals surface area contributed by atoms with E-state index in [2.05, 4.69) is 4.90 Å². The Hall–Kier alpha value is -2.77. The first-order chi connectivity index (χ1) is 15.4. The van der Waals surface area contributed by atoms with Gasteiger partial charge in [0.05, 0.1) is 6.61 Å². The highest BCUT2D eigenvalue weighted by molar-refractivity contribution is 5.83. The smallest absolute Gasteiger partial charge is 0.321 e. The standard InChI is InChI=1S/C25H29F2N3O2/c1-28-12-6-9-21(16-28)29(2)24(32)30-15-18(22-13-20(26)10-11-23(22)27)14-25(30,17-31)19-7-4-3-5-8-19/h3-5,7-8,10-11,13-14,21,31H,6,9,12,15-17H2,1-2H3. The van der Waals surface area contributed by atoms with Gasteiger partial charge in [-0.05, 0) is 61.8 Å². The number of amides is 2. The first-order valence-corrected chi connectivity index (χ1v) is 10.9. The molecular weight excluding hydrogens is 412 g/mol. The lowest BCUT2D eigenvalue weighted by Gasteiger charge is -2.42. The van der Waals surface area contributed by atoms with Gasteiger partial charge in [-0.3, -0.25) is 0 Å². The number of likely N-dealkylation sites (tertiary alicyclic amines) is 1. The van der Waals surface area contributed by atoms with Crippen molar-refractivity contribution in [3.8, 4) is 0 Å². The molecule has 2 aliphatic rings. The van der Waals surface area contributed by atoms with Crippen LogP contribution in [0.5, 0.6) is 0 Å². The van der Waals surface area contributed by atoms with Crippen molar-refractivity contribution in [3.05, 3.63) is 77.4 Å². The fraction of sp³-hybridized carbons (Fsp3) is 0.400. The largest absolute Gasteiger partial charge is 0.393 e. The molecule has 32 heavy (non-hydrogen) atoms. The third-order valence-electron chi connectivity index (χ3n) is 6.69. The summed E-state index contributed by atoms with van der Waals surface area (Å²) in [6.45, 7) is 1.47. The van der Waals surface area contributed by atoms with Gasteiger partial charge in [0.1, 0.15) is 17.2 Å². The molecule has 1 fully saturated rings. The number of benzene rings is 2. The van der Waals surface area contributed by atoms with Crippen LogP contribution in [0.4, 0.5) is 13.6 Å². The number of halogens is 2. The minimum absolute atomic E-state index is 0.0448. The topological polar surface area (TPSA) is 47.0 Å². The zero-order chi connectivity index (χ0) is 22.9. The van der Waals surface area contributed by atoms with Gasteiger partial charge in [0.15, 0.2) is 0 Å². The Morgan fingerprint density at radius 3 is 2.66 bits per heavy atom. The number of likely N-dealkylation sites (N-methyl/N-ethyl adjacent to an activating group) is 2. The molecule has 2 amide bonds. The average molecular weight is 442 g/mol. The number of piperidine rings is 1. The summed E-state index contributed by atoms with van der Waals surface area (Å²) in [4.78, 5) is 19.3. The van der Waals surface area contributed by atoms with E-state index in [1.807, 2.05) is 37.4 Å². The first kappa shape index (κ1) is 22.4. The quantitative estimate of drug-likeness (QED) is 0.787. The molecule has 0 aliphatic carbocycles. The Bertz CT molecular complexity index is 1010. The Morgan fingerprint density at radius 1 is 1.22 bits per heavy atom. The molecule has 0 spiro atoms. The Morgan fingerprint density at radius 2 is 1.97 bits per heavy atom. The van der Waals surface area contributed by atoms with Gasteiger partial charge in [-0.2, -0.15) is 0 Å². The van der Waals surface area contributed by atoms with E-state index < -0.39 is 17.2 Å². The molecule has 1 N–H and O–H groups in total. The summed E-state index contributed by atoms with van der Waals surface area (Å²) in [5, 5.41) is 10.6. The van der Waals surface area contributed by atoms with Gasteiger partial charge in [-0.15, -0.1) is 0 Å². The van der Waals surface area contributed by atoms with E-state index in [0.29, 0.717) is 5.57 Å². The summed E-state index contributed by atoms with van der Waals surface area (Å²) in [5.74, 6) is -1.11. The normalized spacial score (nSPS) is 23.8. The number of aliphatic hydroxyl groups is 1. The van der Waals surface area contributed by atoms with Crippen molar-refractivity contribution in [1.82, 2.24) is 14.7 Å². The van der Waals surface area contributed by atoms with E-state index in [1.54, 1.807) is 22.9 Å². The van der Waals surface area contributed by atoms with Crippen molar-refractivity contribution in [1.29, 1.82) is 0 Å². The summed E-state index contributed by atoms with van der Waals surface area (Å²) >= 11 is 0. The zero-order valence-electron chi connectivity index (χ0n) is 18.5. The van der Waals surface area contributed by atoms with E-state index in [0.717, 1.165) is 49.7 Å². The summed E-state index contributed by atoms with van der Waals surface area (Å²) in [7, 11) is 3.81. The predicted molar refractivity (Wildman–Crippen MR) is 120 cm³/mol. The maximum absolute atomic E-state index is 14.6. The Labute approximate surface area is 187 Å².